The fourth-order valence-corrected chi connectivity index (χ4v) is 3.04. The number of aromatic amines is 1. The van der Waals surface area contributed by atoms with Gasteiger partial charge in [0.2, 0.25) is 0 Å². The van der Waals surface area contributed by atoms with Crippen molar-refractivity contribution in [3.05, 3.63) is 45.8 Å². The maximum Gasteiger partial charge on any atom is 0.347 e. The molecule has 2 aliphatic rings. The lowest BCUT2D eigenvalue weighted by molar-refractivity contribution is 0.582. The zero-order valence-electron chi connectivity index (χ0n) is 8.38. The number of thioether (sulfide) groups is 1. The largest absolute Gasteiger partial charge is 0.347 e. The van der Waals surface area contributed by atoms with E-state index in [2.05, 4.69) is 38.5 Å². The number of rotatable bonds is 1. The Morgan fingerprint density at radius 3 is 3.19 bits per heavy atom. The molecule has 1 saturated heterocycles. The second-order valence-electron chi connectivity index (χ2n) is 3.64. The lowest BCUT2D eigenvalue weighted by Gasteiger charge is -2.12. The maximum atomic E-state index is 11.1. The number of allylic oxidation sites excluding steroid dienone is 2. The zero-order chi connectivity index (χ0) is 11.0. The highest BCUT2D eigenvalue weighted by atomic mass is 32.2. The molecular formula is C10H10N4OS. The number of nitrogens with one attached hydrogen (secondary N) is 2. The standard InChI is InChI=1S/C10H10N4OS/c15-10-12-5-11-8(14-10)9-13-6-3-1-2-4-7(6)16-9/h1-2,4-6,9,13H,3H2,(H,11,12,14,15). The van der Waals surface area contributed by atoms with Crippen LogP contribution in [0, 0.1) is 0 Å². The molecule has 2 atom stereocenters. The second-order valence-corrected chi connectivity index (χ2v) is 4.82. The van der Waals surface area contributed by atoms with Crippen molar-refractivity contribution in [2.45, 2.75) is 17.8 Å². The summed E-state index contributed by atoms with van der Waals surface area (Å²) in [5.74, 6) is 0.639. The first-order valence-electron chi connectivity index (χ1n) is 5.03. The third kappa shape index (κ3) is 1.70. The summed E-state index contributed by atoms with van der Waals surface area (Å²) >= 11 is 1.69. The van der Waals surface area contributed by atoms with E-state index in [0.717, 1.165) is 6.42 Å². The number of hydrogen-bond donors (Lipinski definition) is 2. The van der Waals surface area contributed by atoms with Crippen molar-refractivity contribution in [1.82, 2.24) is 20.3 Å². The summed E-state index contributed by atoms with van der Waals surface area (Å²) in [6.45, 7) is 0. The average molecular weight is 234 g/mol. The normalized spacial score (nSPS) is 27.6. The minimum Gasteiger partial charge on any atom is -0.292 e. The van der Waals surface area contributed by atoms with Gasteiger partial charge in [-0.15, -0.1) is 11.8 Å². The van der Waals surface area contributed by atoms with Crippen LogP contribution in [0.5, 0.6) is 0 Å². The molecule has 0 bridgehead atoms. The average Bonchev–Trinajstić information content (AvgIpc) is 2.72. The van der Waals surface area contributed by atoms with Gasteiger partial charge in [0.15, 0.2) is 0 Å². The Hall–Kier alpha value is -1.40. The van der Waals surface area contributed by atoms with Gasteiger partial charge in [-0.25, -0.2) is 9.78 Å². The summed E-state index contributed by atoms with van der Waals surface area (Å²) in [5, 5.41) is 3.44. The number of H-pyrrole nitrogens is 1. The Bertz CT molecular complexity index is 522. The van der Waals surface area contributed by atoms with E-state index in [1.54, 1.807) is 11.8 Å². The van der Waals surface area contributed by atoms with E-state index in [1.165, 1.54) is 11.2 Å². The lowest BCUT2D eigenvalue weighted by atomic mass is 10.1. The summed E-state index contributed by atoms with van der Waals surface area (Å²) in [4.78, 5) is 22.6. The second kappa shape index (κ2) is 3.88. The molecule has 0 saturated carbocycles. The maximum absolute atomic E-state index is 11.1. The monoisotopic (exact) mass is 234 g/mol. The van der Waals surface area contributed by atoms with E-state index in [-0.39, 0.29) is 11.1 Å². The van der Waals surface area contributed by atoms with Crippen molar-refractivity contribution in [3.63, 3.8) is 0 Å². The smallest absolute Gasteiger partial charge is 0.292 e. The van der Waals surface area contributed by atoms with Gasteiger partial charge in [0.1, 0.15) is 17.5 Å². The van der Waals surface area contributed by atoms with Crippen molar-refractivity contribution in [2.24, 2.45) is 0 Å². The highest BCUT2D eigenvalue weighted by Gasteiger charge is 2.31. The van der Waals surface area contributed by atoms with Gasteiger partial charge in [-0.2, -0.15) is 4.98 Å². The summed E-state index contributed by atoms with van der Waals surface area (Å²) in [6, 6.07) is 0.360. The van der Waals surface area contributed by atoms with Gasteiger partial charge in [0.05, 0.1) is 0 Å². The van der Waals surface area contributed by atoms with E-state index in [4.69, 9.17) is 0 Å². The van der Waals surface area contributed by atoms with Crippen LogP contribution in [0.3, 0.4) is 0 Å². The molecule has 1 fully saturated rings. The molecule has 3 rings (SSSR count). The summed E-state index contributed by atoms with van der Waals surface area (Å²) in [7, 11) is 0. The van der Waals surface area contributed by atoms with E-state index in [0.29, 0.717) is 11.9 Å². The van der Waals surface area contributed by atoms with E-state index in [1.807, 2.05) is 0 Å². The lowest BCUT2D eigenvalue weighted by Crippen LogP contribution is -2.27. The molecule has 6 heteroatoms. The van der Waals surface area contributed by atoms with Crippen LogP contribution in [0.4, 0.5) is 0 Å². The van der Waals surface area contributed by atoms with Crippen LogP contribution in [0.2, 0.25) is 0 Å². The zero-order valence-corrected chi connectivity index (χ0v) is 9.20. The van der Waals surface area contributed by atoms with Gasteiger partial charge >= 0.3 is 5.69 Å². The minimum absolute atomic E-state index is 0.0202. The van der Waals surface area contributed by atoms with Crippen LogP contribution in [-0.2, 0) is 0 Å². The fraction of sp³-hybridized carbons (Fsp3) is 0.300. The molecule has 2 heterocycles. The van der Waals surface area contributed by atoms with Gasteiger partial charge in [-0.3, -0.25) is 10.3 Å². The number of nitrogens with zero attached hydrogens (tertiary/aromatic N) is 2. The van der Waals surface area contributed by atoms with Crippen molar-refractivity contribution in [1.29, 1.82) is 0 Å². The first-order chi connectivity index (χ1) is 7.83. The van der Waals surface area contributed by atoms with Crippen LogP contribution in [-0.4, -0.2) is 21.0 Å². The Morgan fingerprint density at radius 2 is 2.38 bits per heavy atom. The SMILES string of the molecule is O=c1ncnc(C2NC3CC=CC=C3S2)[nH]1. The van der Waals surface area contributed by atoms with Crippen molar-refractivity contribution in [2.75, 3.05) is 0 Å². The third-order valence-corrected chi connectivity index (χ3v) is 3.86. The first kappa shape index (κ1) is 9.80. The Labute approximate surface area is 96.1 Å². The van der Waals surface area contributed by atoms with Crippen molar-refractivity contribution in [3.8, 4) is 0 Å². The quantitative estimate of drug-likeness (QED) is 0.749. The molecule has 0 amide bonds. The van der Waals surface area contributed by atoms with Gasteiger partial charge in [-0.05, 0) is 6.42 Å². The molecule has 0 radical (unpaired) electrons. The Kier molecular flexibility index (Phi) is 2.37. The molecule has 0 spiro atoms. The van der Waals surface area contributed by atoms with Gasteiger partial charge in [-0.1, -0.05) is 18.2 Å². The number of hydrogen-bond acceptors (Lipinski definition) is 5. The summed E-state index contributed by atoms with van der Waals surface area (Å²) in [5.41, 5.74) is -0.352. The van der Waals surface area contributed by atoms with Crippen LogP contribution in [0.1, 0.15) is 17.6 Å². The molecule has 1 aliphatic heterocycles. The molecule has 2 unspecified atom stereocenters. The first-order valence-corrected chi connectivity index (χ1v) is 5.91. The summed E-state index contributed by atoms with van der Waals surface area (Å²) < 4.78 is 0. The predicted molar refractivity (Wildman–Crippen MR) is 61.7 cm³/mol. The van der Waals surface area contributed by atoms with E-state index >= 15 is 0 Å². The van der Waals surface area contributed by atoms with E-state index < -0.39 is 0 Å². The van der Waals surface area contributed by atoms with Gasteiger partial charge in [0.25, 0.3) is 0 Å². The highest BCUT2D eigenvalue weighted by Crippen LogP contribution is 2.41. The predicted octanol–water partition coefficient (Wildman–Crippen LogP) is 0.712. The molecule has 1 aromatic heterocycles. The molecular weight excluding hydrogens is 224 g/mol. The molecule has 82 valence electrons. The van der Waals surface area contributed by atoms with Crippen LogP contribution in [0.15, 0.2) is 34.3 Å². The van der Waals surface area contributed by atoms with Crippen molar-refractivity contribution < 1.29 is 0 Å². The topological polar surface area (TPSA) is 70.7 Å². The molecule has 1 aromatic rings. The van der Waals surface area contributed by atoms with Gasteiger partial charge in [0, 0.05) is 10.9 Å². The number of fused-ring (bicyclic) bond motifs is 1. The molecule has 1 aliphatic carbocycles. The molecule has 16 heavy (non-hydrogen) atoms. The summed E-state index contributed by atoms with van der Waals surface area (Å²) in [6.07, 6.45) is 8.58. The van der Waals surface area contributed by atoms with Crippen LogP contribution >= 0.6 is 11.8 Å². The minimum atomic E-state index is -0.352. The Balaban J connectivity index is 1.87. The van der Waals surface area contributed by atoms with E-state index in [9.17, 15) is 4.79 Å². The number of aromatic nitrogens is 3. The Morgan fingerprint density at radius 1 is 1.44 bits per heavy atom. The van der Waals surface area contributed by atoms with Crippen LogP contribution < -0.4 is 11.0 Å². The molecule has 2 N–H and O–H groups in total. The third-order valence-electron chi connectivity index (χ3n) is 2.57. The highest BCUT2D eigenvalue weighted by molar-refractivity contribution is 8.03. The molecule has 5 nitrogen and oxygen atoms in total. The molecule has 0 aromatic carbocycles. The van der Waals surface area contributed by atoms with Gasteiger partial charge < -0.3 is 0 Å². The fourth-order valence-electron chi connectivity index (χ4n) is 1.82. The van der Waals surface area contributed by atoms with Crippen molar-refractivity contribution >= 4 is 11.8 Å². The van der Waals surface area contributed by atoms with Crippen LogP contribution in [0.25, 0.3) is 0 Å².